The molecule has 1 amide bonds. The van der Waals surface area contributed by atoms with Crippen LogP contribution in [0.2, 0.25) is 0 Å². The van der Waals surface area contributed by atoms with Crippen LogP contribution in [0.1, 0.15) is 38.2 Å². The van der Waals surface area contributed by atoms with E-state index in [1.807, 2.05) is 30.3 Å². The van der Waals surface area contributed by atoms with Crippen molar-refractivity contribution in [1.82, 2.24) is 10.2 Å². The molecule has 3 fully saturated rings. The molecular weight excluding hydrogens is 428 g/mol. The number of anilines is 1. The summed E-state index contributed by atoms with van der Waals surface area (Å²) in [5, 5.41) is 3.03. The maximum absolute atomic E-state index is 14.4. The van der Waals surface area contributed by atoms with Gasteiger partial charge in [-0.25, -0.2) is 8.78 Å². The molecule has 5 rings (SSSR count). The Balaban J connectivity index is 1.20. The first-order valence-corrected chi connectivity index (χ1v) is 11.6. The average Bonchev–Trinajstić information content (AvgIpc) is 3.10. The number of hydrogen-bond acceptors (Lipinski definition) is 5. The molecule has 0 unspecified atom stereocenters. The van der Waals surface area contributed by atoms with Gasteiger partial charge in [-0.3, -0.25) is 4.79 Å². The van der Waals surface area contributed by atoms with E-state index < -0.39 is 29.3 Å². The maximum Gasteiger partial charge on any atom is 0.247 e. The van der Waals surface area contributed by atoms with Crippen molar-refractivity contribution >= 4 is 11.6 Å². The number of halogens is 2. The van der Waals surface area contributed by atoms with E-state index in [9.17, 15) is 13.6 Å². The molecule has 176 valence electrons. The molecule has 3 aliphatic rings. The number of hydrogen-bond donors (Lipinski definition) is 1. The van der Waals surface area contributed by atoms with Gasteiger partial charge in [0.25, 0.3) is 0 Å². The van der Waals surface area contributed by atoms with Crippen molar-refractivity contribution in [3.63, 3.8) is 0 Å². The molecule has 3 saturated heterocycles. The first-order chi connectivity index (χ1) is 15.9. The number of piperidine rings is 1. The SMILES string of the molecule is CC1OC(CCCN2CCC3(CC2)C(=O)NCN3c2ccccc2)(c2ccc(F)cc2F)O1. The van der Waals surface area contributed by atoms with Crippen LogP contribution in [0.3, 0.4) is 0 Å². The van der Waals surface area contributed by atoms with Crippen LogP contribution in [0.5, 0.6) is 0 Å². The Labute approximate surface area is 192 Å². The summed E-state index contributed by atoms with van der Waals surface area (Å²) in [5.41, 5.74) is 0.785. The van der Waals surface area contributed by atoms with E-state index in [-0.39, 0.29) is 11.5 Å². The van der Waals surface area contributed by atoms with Gasteiger partial charge in [0.05, 0.1) is 6.67 Å². The van der Waals surface area contributed by atoms with Crippen molar-refractivity contribution in [3.05, 3.63) is 65.7 Å². The van der Waals surface area contributed by atoms with E-state index in [1.54, 1.807) is 6.92 Å². The molecule has 1 spiro atoms. The fourth-order valence-electron chi connectivity index (χ4n) is 5.44. The lowest BCUT2D eigenvalue weighted by Gasteiger charge is -2.47. The molecule has 6 nitrogen and oxygen atoms in total. The number of amides is 1. The fourth-order valence-corrected chi connectivity index (χ4v) is 5.44. The van der Waals surface area contributed by atoms with Crippen molar-refractivity contribution in [2.24, 2.45) is 0 Å². The Morgan fingerprint density at radius 2 is 1.82 bits per heavy atom. The monoisotopic (exact) mass is 457 g/mol. The summed E-state index contributed by atoms with van der Waals surface area (Å²) in [7, 11) is 0. The summed E-state index contributed by atoms with van der Waals surface area (Å²) in [4.78, 5) is 17.3. The number of rotatable bonds is 6. The van der Waals surface area contributed by atoms with Gasteiger partial charge >= 0.3 is 0 Å². The number of ether oxygens (including phenoxy) is 2. The zero-order chi connectivity index (χ0) is 23.1. The predicted octanol–water partition coefficient (Wildman–Crippen LogP) is 3.72. The number of nitrogens with one attached hydrogen (secondary N) is 1. The number of nitrogens with zero attached hydrogens (tertiary/aromatic N) is 2. The zero-order valence-electron chi connectivity index (χ0n) is 18.7. The summed E-state index contributed by atoms with van der Waals surface area (Å²) in [6.45, 7) is 4.67. The van der Waals surface area contributed by atoms with Crippen LogP contribution in [-0.4, -0.2) is 48.9 Å². The minimum Gasteiger partial charge on any atom is -0.339 e. The Hall–Kier alpha value is -2.55. The minimum absolute atomic E-state index is 0.0991. The van der Waals surface area contributed by atoms with E-state index >= 15 is 0 Å². The van der Waals surface area contributed by atoms with E-state index in [0.717, 1.165) is 50.7 Å². The zero-order valence-corrected chi connectivity index (χ0v) is 18.7. The van der Waals surface area contributed by atoms with E-state index in [4.69, 9.17) is 9.47 Å². The molecule has 0 atom stereocenters. The van der Waals surface area contributed by atoms with Gasteiger partial charge in [-0.2, -0.15) is 0 Å². The summed E-state index contributed by atoms with van der Waals surface area (Å²) < 4.78 is 39.4. The van der Waals surface area contributed by atoms with Gasteiger partial charge in [-0.15, -0.1) is 0 Å². The highest BCUT2D eigenvalue weighted by Crippen LogP contribution is 2.44. The third-order valence-corrected chi connectivity index (χ3v) is 7.12. The van der Waals surface area contributed by atoms with E-state index in [2.05, 4.69) is 15.1 Å². The Bertz CT molecular complexity index is 1010. The van der Waals surface area contributed by atoms with E-state index in [1.165, 1.54) is 12.1 Å². The molecule has 2 aromatic rings. The average molecular weight is 458 g/mol. The van der Waals surface area contributed by atoms with Crippen molar-refractivity contribution in [3.8, 4) is 0 Å². The molecule has 0 saturated carbocycles. The van der Waals surface area contributed by atoms with Gasteiger partial charge in [0.1, 0.15) is 17.2 Å². The number of carbonyl (C=O) groups excluding carboxylic acids is 1. The Morgan fingerprint density at radius 1 is 1.09 bits per heavy atom. The second-order valence-electron chi connectivity index (χ2n) is 9.08. The van der Waals surface area contributed by atoms with Gasteiger partial charge < -0.3 is 24.6 Å². The second kappa shape index (κ2) is 8.66. The van der Waals surface area contributed by atoms with Crippen LogP contribution >= 0.6 is 0 Å². The number of carbonyl (C=O) groups is 1. The van der Waals surface area contributed by atoms with Gasteiger partial charge in [-0.05, 0) is 57.0 Å². The Morgan fingerprint density at radius 3 is 2.48 bits per heavy atom. The van der Waals surface area contributed by atoms with Crippen LogP contribution in [0.4, 0.5) is 14.5 Å². The summed E-state index contributed by atoms with van der Waals surface area (Å²) in [5.74, 6) is -2.34. The third kappa shape index (κ3) is 4.00. The van der Waals surface area contributed by atoms with Crippen LogP contribution < -0.4 is 10.2 Å². The minimum atomic E-state index is -1.16. The van der Waals surface area contributed by atoms with Crippen molar-refractivity contribution in [1.29, 1.82) is 0 Å². The first-order valence-electron chi connectivity index (χ1n) is 11.6. The van der Waals surface area contributed by atoms with Gasteiger partial charge in [0.15, 0.2) is 6.29 Å². The molecule has 3 heterocycles. The van der Waals surface area contributed by atoms with E-state index in [0.29, 0.717) is 13.1 Å². The molecule has 0 aromatic heterocycles. The van der Waals surface area contributed by atoms with Crippen LogP contribution in [0, 0.1) is 11.6 Å². The summed E-state index contributed by atoms with van der Waals surface area (Å²) in [6.07, 6.45) is 2.27. The van der Waals surface area contributed by atoms with Gasteiger partial charge in [-0.1, -0.05) is 18.2 Å². The predicted molar refractivity (Wildman–Crippen MR) is 119 cm³/mol. The van der Waals surface area contributed by atoms with Crippen molar-refractivity contribution in [2.75, 3.05) is 31.2 Å². The molecule has 0 bridgehead atoms. The largest absolute Gasteiger partial charge is 0.339 e. The summed E-state index contributed by atoms with van der Waals surface area (Å²) >= 11 is 0. The normalized spacial score (nSPS) is 26.9. The molecule has 1 N–H and O–H groups in total. The highest BCUT2D eigenvalue weighted by atomic mass is 19.1. The molecule has 33 heavy (non-hydrogen) atoms. The van der Waals surface area contributed by atoms with Crippen LogP contribution in [0.25, 0.3) is 0 Å². The lowest BCUT2D eigenvalue weighted by atomic mass is 9.85. The van der Waals surface area contributed by atoms with Crippen LogP contribution in [-0.2, 0) is 20.1 Å². The van der Waals surface area contributed by atoms with Crippen molar-refractivity contribution in [2.45, 2.75) is 50.2 Å². The second-order valence-corrected chi connectivity index (χ2v) is 9.08. The first kappa shape index (κ1) is 22.3. The standard InChI is InChI=1S/C25H29F2N3O3/c1-18-32-25(33-18,21-9-8-19(26)16-22(21)27)10-5-13-29-14-11-24(12-15-29)23(31)28-17-30(24)20-6-3-2-4-7-20/h2-4,6-9,16,18H,5,10-15,17H2,1H3,(H,28,31). The lowest BCUT2D eigenvalue weighted by molar-refractivity contribution is -0.459. The topological polar surface area (TPSA) is 54.0 Å². The smallest absolute Gasteiger partial charge is 0.247 e. The molecule has 2 aromatic carbocycles. The molecule has 8 heteroatoms. The van der Waals surface area contributed by atoms with Crippen molar-refractivity contribution < 1.29 is 23.0 Å². The number of benzene rings is 2. The maximum atomic E-state index is 14.4. The lowest BCUT2D eigenvalue weighted by Crippen LogP contribution is -2.56. The highest BCUT2D eigenvalue weighted by Gasteiger charge is 2.51. The van der Waals surface area contributed by atoms with Gasteiger partial charge in [0.2, 0.25) is 11.7 Å². The molecular formula is C25H29F2N3O3. The number of para-hydroxylation sites is 1. The third-order valence-electron chi connectivity index (χ3n) is 7.12. The highest BCUT2D eigenvalue weighted by molar-refractivity contribution is 5.93. The molecule has 0 aliphatic carbocycles. The van der Waals surface area contributed by atoms with Crippen LogP contribution in [0.15, 0.2) is 48.5 Å². The van der Waals surface area contributed by atoms with Gasteiger partial charge in [0, 0.05) is 36.8 Å². The summed E-state index contributed by atoms with van der Waals surface area (Å²) in [6, 6.07) is 13.5. The Kier molecular flexibility index (Phi) is 5.84. The molecule has 0 radical (unpaired) electrons. The fraction of sp³-hybridized carbons (Fsp3) is 0.480. The molecule has 3 aliphatic heterocycles. The number of likely N-dealkylation sites (tertiary alicyclic amines) is 1. The quantitative estimate of drug-likeness (QED) is 0.717.